The summed E-state index contributed by atoms with van der Waals surface area (Å²) in [6, 6.07) is 14.0. The average Bonchev–Trinajstić information content (AvgIpc) is 3.16. The third-order valence-corrected chi connectivity index (χ3v) is 5.69. The van der Waals surface area contributed by atoms with Crippen molar-refractivity contribution in [1.82, 2.24) is 10.2 Å². The number of amides is 1. The molecule has 2 N–H and O–H groups in total. The first-order chi connectivity index (χ1) is 14.6. The van der Waals surface area contributed by atoms with Crippen LogP contribution in [-0.4, -0.2) is 42.2 Å². The summed E-state index contributed by atoms with van der Waals surface area (Å²) in [4.78, 5) is 14.8. The Morgan fingerprint density at radius 1 is 1.17 bits per heavy atom. The van der Waals surface area contributed by atoms with E-state index in [1.54, 1.807) is 13.4 Å². The highest BCUT2D eigenvalue weighted by Gasteiger charge is 2.17. The lowest BCUT2D eigenvalue weighted by Crippen LogP contribution is -2.35. The molecule has 0 bridgehead atoms. The van der Waals surface area contributed by atoms with Crippen molar-refractivity contribution in [2.45, 2.75) is 38.5 Å². The fraction of sp³-hybridized carbons (Fsp3) is 0.375. The number of aliphatic hydroxyl groups is 1. The summed E-state index contributed by atoms with van der Waals surface area (Å²) < 4.78 is 10.8. The van der Waals surface area contributed by atoms with Crippen LogP contribution in [-0.2, 0) is 24.3 Å². The number of nitrogens with zero attached hydrogens (tertiary/aromatic N) is 1. The van der Waals surface area contributed by atoms with Crippen LogP contribution in [0.3, 0.4) is 0 Å². The Labute approximate surface area is 176 Å². The Hall–Kier alpha value is -2.83. The lowest BCUT2D eigenvalue weighted by atomic mass is 10.1. The van der Waals surface area contributed by atoms with E-state index in [1.165, 1.54) is 5.56 Å². The van der Waals surface area contributed by atoms with E-state index in [0.717, 1.165) is 60.3 Å². The minimum Gasteiger partial charge on any atom is -0.497 e. The van der Waals surface area contributed by atoms with Gasteiger partial charge in [0.25, 0.3) is 0 Å². The Morgan fingerprint density at radius 2 is 1.90 bits per heavy atom. The normalized spacial score (nSPS) is 15.4. The highest BCUT2D eigenvalue weighted by atomic mass is 16.5. The molecule has 0 atom stereocenters. The minimum absolute atomic E-state index is 0.0375. The molecule has 1 aliphatic heterocycles. The average molecular weight is 408 g/mol. The zero-order valence-electron chi connectivity index (χ0n) is 17.3. The Balaban J connectivity index is 1.28. The number of aliphatic hydroxyl groups excluding tert-OH is 1. The smallest absolute Gasteiger partial charge is 0.224 e. The van der Waals surface area contributed by atoms with Crippen molar-refractivity contribution in [3.63, 3.8) is 0 Å². The maximum Gasteiger partial charge on any atom is 0.224 e. The van der Waals surface area contributed by atoms with Gasteiger partial charge in [-0.3, -0.25) is 9.69 Å². The van der Waals surface area contributed by atoms with E-state index in [9.17, 15) is 9.90 Å². The predicted octanol–water partition coefficient (Wildman–Crippen LogP) is 3.26. The van der Waals surface area contributed by atoms with E-state index < -0.39 is 0 Å². The summed E-state index contributed by atoms with van der Waals surface area (Å²) in [6.45, 7) is 3.28. The monoisotopic (exact) mass is 408 g/mol. The summed E-state index contributed by atoms with van der Waals surface area (Å²) in [6.07, 6.45) is 3.47. The molecule has 6 heteroatoms. The molecule has 1 amide bonds. The van der Waals surface area contributed by atoms with E-state index in [2.05, 4.69) is 34.5 Å². The van der Waals surface area contributed by atoms with Gasteiger partial charge in [0.15, 0.2) is 0 Å². The predicted molar refractivity (Wildman–Crippen MR) is 115 cm³/mol. The number of methoxy groups -OCH3 is 1. The van der Waals surface area contributed by atoms with Crippen LogP contribution in [0.15, 0.2) is 53.1 Å². The second kappa shape index (κ2) is 9.32. The van der Waals surface area contributed by atoms with Gasteiger partial charge in [0.1, 0.15) is 11.3 Å². The van der Waals surface area contributed by atoms with Gasteiger partial charge in [0.2, 0.25) is 5.91 Å². The molecule has 1 saturated heterocycles. The molecule has 4 rings (SSSR count). The first-order valence-corrected chi connectivity index (χ1v) is 10.4. The van der Waals surface area contributed by atoms with Crippen molar-refractivity contribution < 1.29 is 19.1 Å². The Morgan fingerprint density at radius 3 is 2.63 bits per heavy atom. The summed E-state index contributed by atoms with van der Waals surface area (Å²) >= 11 is 0. The lowest BCUT2D eigenvalue weighted by Gasteiger charge is -2.29. The van der Waals surface area contributed by atoms with E-state index >= 15 is 0 Å². The van der Waals surface area contributed by atoms with Gasteiger partial charge in [-0.25, -0.2) is 0 Å². The summed E-state index contributed by atoms with van der Waals surface area (Å²) in [5.74, 6) is 0.693. The molecule has 158 valence electrons. The van der Waals surface area contributed by atoms with Gasteiger partial charge < -0.3 is 19.6 Å². The second-order valence-electron chi connectivity index (χ2n) is 7.90. The number of hydrogen-bond donors (Lipinski definition) is 2. The molecule has 0 aliphatic carbocycles. The third kappa shape index (κ3) is 5.01. The molecule has 0 unspecified atom stereocenters. The molecule has 2 heterocycles. The van der Waals surface area contributed by atoms with Crippen molar-refractivity contribution in [3.8, 4) is 5.75 Å². The number of carbonyl (C=O) groups excluding carboxylic acids is 1. The van der Waals surface area contributed by atoms with Crippen LogP contribution >= 0.6 is 0 Å². The van der Waals surface area contributed by atoms with Crippen LogP contribution in [0.5, 0.6) is 5.75 Å². The number of fused-ring (bicyclic) bond motifs is 1. The number of furan rings is 1. The number of ether oxygens (including phenoxy) is 1. The summed E-state index contributed by atoms with van der Waals surface area (Å²) in [7, 11) is 1.62. The van der Waals surface area contributed by atoms with Crippen LogP contribution in [0.25, 0.3) is 11.0 Å². The molecular weight excluding hydrogens is 380 g/mol. The molecule has 1 fully saturated rings. The molecule has 3 aromatic rings. The molecule has 0 spiro atoms. The SMILES string of the molecule is COc1ccc2c(CC(=O)NCc3ccc(CN4CCC(O)CC4)cc3)coc2c1. The Bertz CT molecular complexity index is 988. The van der Waals surface area contributed by atoms with Crippen LogP contribution in [0, 0.1) is 0 Å². The largest absolute Gasteiger partial charge is 0.497 e. The number of rotatable bonds is 7. The number of piperidine rings is 1. The fourth-order valence-corrected chi connectivity index (χ4v) is 3.86. The van der Waals surface area contributed by atoms with Gasteiger partial charge in [-0.1, -0.05) is 24.3 Å². The van der Waals surface area contributed by atoms with Gasteiger partial charge in [0, 0.05) is 43.2 Å². The van der Waals surface area contributed by atoms with E-state index in [4.69, 9.17) is 9.15 Å². The quantitative estimate of drug-likeness (QED) is 0.628. The number of carbonyl (C=O) groups is 1. The number of nitrogens with one attached hydrogen (secondary N) is 1. The van der Waals surface area contributed by atoms with E-state index in [-0.39, 0.29) is 18.4 Å². The molecule has 1 aliphatic rings. The first-order valence-electron chi connectivity index (χ1n) is 10.4. The number of hydrogen-bond acceptors (Lipinski definition) is 5. The summed E-state index contributed by atoms with van der Waals surface area (Å²) in [5.41, 5.74) is 3.91. The standard InChI is InChI=1S/C24H28N2O4/c1-29-21-6-7-22-19(16-30-23(22)13-21)12-24(28)25-14-17-2-4-18(5-3-17)15-26-10-8-20(27)9-11-26/h2-7,13,16,20,27H,8-12,14-15H2,1H3,(H,25,28). The maximum absolute atomic E-state index is 12.4. The zero-order valence-corrected chi connectivity index (χ0v) is 17.3. The number of benzene rings is 2. The van der Waals surface area contributed by atoms with Gasteiger partial charge in [-0.2, -0.15) is 0 Å². The minimum atomic E-state index is -0.143. The van der Waals surface area contributed by atoms with Crippen molar-refractivity contribution in [3.05, 3.63) is 65.4 Å². The highest BCUT2D eigenvalue weighted by molar-refractivity contribution is 5.88. The highest BCUT2D eigenvalue weighted by Crippen LogP contribution is 2.25. The third-order valence-electron chi connectivity index (χ3n) is 5.69. The van der Waals surface area contributed by atoms with Gasteiger partial charge >= 0.3 is 0 Å². The molecule has 0 saturated carbocycles. The van der Waals surface area contributed by atoms with E-state index in [1.807, 2.05) is 18.2 Å². The van der Waals surface area contributed by atoms with Crippen molar-refractivity contribution in [1.29, 1.82) is 0 Å². The Kier molecular flexibility index (Phi) is 6.35. The molecule has 0 radical (unpaired) electrons. The summed E-state index contributed by atoms with van der Waals surface area (Å²) in [5, 5.41) is 13.5. The fourth-order valence-electron chi connectivity index (χ4n) is 3.86. The van der Waals surface area contributed by atoms with Crippen LogP contribution < -0.4 is 10.1 Å². The molecule has 2 aromatic carbocycles. The van der Waals surface area contributed by atoms with Crippen molar-refractivity contribution in [2.75, 3.05) is 20.2 Å². The van der Waals surface area contributed by atoms with Gasteiger partial charge in [0.05, 0.1) is 25.9 Å². The van der Waals surface area contributed by atoms with Crippen molar-refractivity contribution in [2.24, 2.45) is 0 Å². The van der Waals surface area contributed by atoms with Crippen LogP contribution in [0.4, 0.5) is 0 Å². The maximum atomic E-state index is 12.4. The van der Waals surface area contributed by atoms with Crippen molar-refractivity contribution >= 4 is 16.9 Å². The topological polar surface area (TPSA) is 74.9 Å². The van der Waals surface area contributed by atoms with Gasteiger partial charge in [-0.05, 0) is 36.1 Å². The van der Waals surface area contributed by atoms with Crippen LogP contribution in [0.2, 0.25) is 0 Å². The zero-order chi connectivity index (χ0) is 20.9. The molecule has 1 aromatic heterocycles. The van der Waals surface area contributed by atoms with E-state index in [0.29, 0.717) is 6.54 Å². The molecule has 30 heavy (non-hydrogen) atoms. The molecule has 6 nitrogen and oxygen atoms in total. The van der Waals surface area contributed by atoms with Crippen LogP contribution in [0.1, 0.15) is 29.5 Å². The number of likely N-dealkylation sites (tertiary alicyclic amines) is 1. The first kappa shape index (κ1) is 20.4. The lowest BCUT2D eigenvalue weighted by molar-refractivity contribution is -0.120. The molecular formula is C24H28N2O4. The second-order valence-corrected chi connectivity index (χ2v) is 7.90. The van der Waals surface area contributed by atoms with Gasteiger partial charge in [-0.15, -0.1) is 0 Å².